The quantitative estimate of drug-likeness (QED) is 0.198. The first-order chi connectivity index (χ1) is 19.3. The van der Waals surface area contributed by atoms with Crippen molar-refractivity contribution in [2.75, 3.05) is 33.3 Å². The van der Waals surface area contributed by atoms with Crippen LogP contribution in [0.1, 0.15) is 42.1 Å². The molecular formula is C32H36N2O6. The van der Waals surface area contributed by atoms with Crippen molar-refractivity contribution in [2.24, 2.45) is 0 Å². The summed E-state index contributed by atoms with van der Waals surface area (Å²) in [5.41, 5.74) is 2.71. The van der Waals surface area contributed by atoms with Gasteiger partial charge in [-0.3, -0.25) is 9.59 Å². The molecule has 0 aromatic heterocycles. The first kappa shape index (κ1) is 28.7. The van der Waals surface area contributed by atoms with Crippen molar-refractivity contribution in [3.8, 4) is 17.2 Å². The van der Waals surface area contributed by atoms with Crippen LogP contribution in [0.3, 0.4) is 0 Å². The molecule has 0 bridgehead atoms. The number of Topliss-reactive ketones (excluding diaryl/α,β-unsaturated/α-hetero) is 1. The number of aliphatic hydroxyl groups excluding tert-OH is 1. The summed E-state index contributed by atoms with van der Waals surface area (Å²) in [4.78, 5) is 30.4. The van der Waals surface area contributed by atoms with Gasteiger partial charge in [-0.15, -0.1) is 0 Å². The van der Waals surface area contributed by atoms with E-state index < -0.39 is 17.7 Å². The lowest BCUT2D eigenvalue weighted by molar-refractivity contribution is -0.140. The second-order valence-electron chi connectivity index (χ2n) is 9.70. The molecule has 40 heavy (non-hydrogen) atoms. The maximum absolute atomic E-state index is 13.4. The Morgan fingerprint density at radius 2 is 1.73 bits per heavy atom. The standard InChI is InChI=1S/C32H36N2O6/c1-5-33(6-2)16-17-34-29(23-12-15-26(35)27(19-23)39-4)28(31(37)32(34)38)30(36)25-14-13-24(18-21(25)3)40-20-22-10-8-7-9-11-22/h7-15,18-19,29,35-36H,5-6,16-17,20H2,1-4H3/b30-28+. The van der Waals surface area contributed by atoms with Gasteiger partial charge in [0.1, 0.15) is 18.1 Å². The first-order valence-corrected chi connectivity index (χ1v) is 13.4. The molecule has 1 heterocycles. The number of benzene rings is 3. The number of rotatable bonds is 11. The van der Waals surface area contributed by atoms with Crippen LogP contribution in [0, 0.1) is 6.92 Å². The van der Waals surface area contributed by atoms with Gasteiger partial charge in [0, 0.05) is 18.7 Å². The molecule has 0 saturated carbocycles. The number of aliphatic hydroxyl groups is 1. The van der Waals surface area contributed by atoms with Crippen LogP contribution in [0.25, 0.3) is 5.76 Å². The summed E-state index contributed by atoms with van der Waals surface area (Å²) in [6.45, 7) is 8.75. The number of carbonyl (C=O) groups is 2. The normalized spacial score (nSPS) is 16.5. The molecule has 1 atom stereocenters. The maximum atomic E-state index is 13.4. The number of hydrogen-bond acceptors (Lipinski definition) is 7. The Balaban J connectivity index is 1.73. The van der Waals surface area contributed by atoms with Gasteiger partial charge >= 0.3 is 0 Å². The van der Waals surface area contributed by atoms with E-state index in [9.17, 15) is 19.8 Å². The van der Waals surface area contributed by atoms with Gasteiger partial charge in [-0.1, -0.05) is 50.2 Å². The van der Waals surface area contributed by atoms with E-state index in [0.29, 0.717) is 42.1 Å². The van der Waals surface area contributed by atoms with E-state index >= 15 is 0 Å². The molecule has 8 heteroatoms. The fourth-order valence-corrected chi connectivity index (χ4v) is 4.99. The number of methoxy groups -OCH3 is 1. The molecule has 0 aliphatic carbocycles. The van der Waals surface area contributed by atoms with E-state index in [1.807, 2.05) is 51.1 Å². The van der Waals surface area contributed by atoms with E-state index in [1.165, 1.54) is 18.1 Å². The van der Waals surface area contributed by atoms with Gasteiger partial charge < -0.3 is 29.5 Å². The van der Waals surface area contributed by atoms with Crippen molar-refractivity contribution in [1.82, 2.24) is 9.80 Å². The van der Waals surface area contributed by atoms with Gasteiger partial charge in [-0.2, -0.15) is 0 Å². The molecule has 3 aromatic carbocycles. The maximum Gasteiger partial charge on any atom is 0.295 e. The average Bonchev–Trinajstić information content (AvgIpc) is 3.22. The van der Waals surface area contributed by atoms with Crippen molar-refractivity contribution in [3.63, 3.8) is 0 Å². The lowest BCUT2D eigenvalue weighted by Gasteiger charge is -2.28. The lowest BCUT2D eigenvalue weighted by atomic mass is 9.93. The largest absolute Gasteiger partial charge is 0.507 e. The number of phenolic OH excluding ortho intramolecular Hbond substituents is 1. The number of ether oxygens (including phenoxy) is 2. The molecule has 1 aliphatic rings. The fraction of sp³-hybridized carbons (Fsp3) is 0.312. The summed E-state index contributed by atoms with van der Waals surface area (Å²) in [6, 6.07) is 18.9. The number of carbonyl (C=O) groups excluding carboxylic acids is 2. The predicted octanol–water partition coefficient (Wildman–Crippen LogP) is 5.05. The molecule has 210 valence electrons. The number of aryl methyl sites for hydroxylation is 1. The Hall–Kier alpha value is -4.30. The lowest BCUT2D eigenvalue weighted by Crippen LogP contribution is -2.38. The second-order valence-corrected chi connectivity index (χ2v) is 9.70. The second kappa shape index (κ2) is 12.7. The number of phenols is 1. The Morgan fingerprint density at radius 1 is 1.00 bits per heavy atom. The third-order valence-electron chi connectivity index (χ3n) is 7.31. The highest BCUT2D eigenvalue weighted by atomic mass is 16.5. The number of aromatic hydroxyl groups is 1. The summed E-state index contributed by atoms with van der Waals surface area (Å²) in [6.07, 6.45) is 0. The minimum atomic E-state index is -0.849. The van der Waals surface area contributed by atoms with E-state index in [4.69, 9.17) is 9.47 Å². The highest BCUT2D eigenvalue weighted by molar-refractivity contribution is 6.46. The number of ketones is 1. The van der Waals surface area contributed by atoms with Crippen LogP contribution in [-0.2, 0) is 16.2 Å². The Morgan fingerprint density at radius 3 is 2.38 bits per heavy atom. The van der Waals surface area contributed by atoms with Crippen LogP contribution in [-0.4, -0.2) is 65.0 Å². The van der Waals surface area contributed by atoms with Gasteiger partial charge in [0.2, 0.25) is 0 Å². The topological polar surface area (TPSA) is 99.5 Å². The average molecular weight is 545 g/mol. The SMILES string of the molecule is CCN(CC)CCN1C(=O)C(=O)/C(=C(/O)c2ccc(OCc3ccccc3)cc2C)C1c1ccc(O)c(OC)c1. The molecule has 4 rings (SSSR count). The van der Waals surface area contributed by atoms with Crippen molar-refractivity contribution in [2.45, 2.75) is 33.4 Å². The number of likely N-dealkylation sites (tertiary alicyclic amines) is 1. The summed E-state index contributed by atoms with van der Waals surface area (Å²) in [5.74, 6) is -0.912. The molecular weight excluding hydrogens is 508 g/mol. The van der Waals surface area contributed by atoms with E-state index in [2.05, 4.69) is 4.90 Å². The number of nitrogens with zero attached hydrogens (tertiary/aromatic N) is 2. The predicted molar refractivity (Wildman–Crippen MR) is 153 cm³/mol. The Labute approximate surface area is 235 Å². The molecule has 1 amide bonds. The van der Waals surface area contributed by atoms with Crippen LogP contribution in [0.4, 0.5) is 0 Å². The highest BCUT2D eigenvalue weighted by Crippen LogP contribution is 2.42. The van der Waals surface area contributed by atoms with Crippen LogP contribution in [0.5, 0.6) is 17.2 Å². The smallest absolute Gasteiger partial charge is 0.295 e. The van der Waals surface area contributed by atoms with Crippen LogP contribution >= 0.6 is 0 Å². The molecule has 1 unspecified atom stereocenters. The molecule has 0 radical (unpaired) electrons. The zero-order valence-electron chi connectivity index (χ0n) is 23.4. The molecule has 1 fully saturated rings. The molecule has 2 N–H and O–H groups in total. The minimum Gasteiger partial charge on any atom is -0.507 e. The zero-order valence-corrected chi connectivity index (χ0v) is 23.4. The van der Waals surface area contributed by atoms with Gasteiger partial charge in [-0.25, -0.2) is 0 Å². The van der Waals surface area contributed by atoms with Gasteiger partial charge in [0.25, 0.3) is 11.7 Å². The molecule has 8 nitrogen and oxygen atoms in total. The van der Waals surface area contributed by atoms with Crippen LogP contribution < -0.4 is 9.47 Å². The van der Waals surface area contributed by atoms with E-state index in [0.717, 1.165) is 18.7 Å². The molecule has 3 aromatic rings. The third kappa shape index (κ3) is 5.97. The molecule has 1 aliphatic heterocycles. The summed E-state index contributed by atoms with van der Waals surface area (Å²) in [7, 11) is 1.43. The van der Waals surface area contributed by atoms with Gasteiger partial charge in [0.05, 0.1) is 18.7 Å². The van der Waals surface area contributed by atoms with Gasteiger partial charge in [-0.05, 0) is 67.0 Å². The number of likely N-dealkylation sites (N-methyl/N-ethyl adjacent to an activating group) is 1. The number of amides is 1. The molecule has 1 saturated heterocycles. The van der Waals surface area contributed by atoms with E-state index in [-0.39, 0.29) is 22.8 Å². The van der Waals surface area contributed by atoms with Crippen molar-refractivity contribution < 1.29 is 29.3 Å². The highest BCUT2D eigenvalue weighted by Gasteiger charge is 2.46. The van der Waals surface area contributed by atoms with Crippen molar-refractivity contribution >= 4 is 17.4 Å². The molecule has 0 spiro atoms. The van der Waals surface area contributed by atoms with Gasteiger partial charge in [0.15, 0.2) is 11.5 Å². The summed E-state index contributed by atoms with van der Waals surface area (Å²) in [5, 5.41) is 21.7. The zero-order chi connectivity index (χ0) is 28.8. The fourth-order valence-electron chi connectivity index (χ4n) is 4.99. The van der Waals surface area contributed by atoms with Crippen LogP contribution in [0.2, 0.25) is 0 Å². The first-order valence-electron chi connectivity index (χ1n) is 13.4. The van der Waals surface area contributed by atoms with Crippen molar-refractivity contribution in [3.05, 3.63) is 94.6 Å². The summed E-state index contributed by atoms with van der Waals surface area (Å²) >= 11 is 0. The van der Waals surface area contributed by atoms with Crippen LogP contribution in [0.15, 0.2) is 72.3 Å². The Kier molecular flexibility index (Phi) is 9.11. The summed E-state index contributed by atoms with van der Waals surface area (Å²) < 4.78 is 11.2. The van der Waals surface area contributed by atoms with E-state index in [1.54, 1.807) is 30.3 Å². The number of hydrogen-bond donors (Lipinski definition) is 2. The third-order valence-corrected chi connectivity index (χ3v) is 7.31. The monoisotopic (exact) mass is 544 g/mol. The minimum absolute atomic E-state index is 0.00153. The van der Waals surface area contributed by atoms with Crippen molar-refractivity contribution in [1.29, 1.82) is 0 Å². The Bertz CT molecular complexity index is 1400.